The maximum Gasteiger partial charge on any atom is 0.390 e. The highest BCUT2D eigenvalue weighted by Crippen LogP contribution is 2.38. The van der Waals surface area contributed by atoms with E-state index in [0.29, 0.717) is 31.7 Å². The van der Waals surface area contributed by atoms with Crippen molar-refractivity contribution in [2.24, 2.45) is 0 Å². The van der Waals surface area contributed by atoms with Crippen LogP contribution in [0.15, 0.2) is 18.2 Å². The zero-order valence-corrected chi connectivity index (χ0v) is 14.2. The quantitative estimate of drug-likeness (QED) is 0.810. The Morgan fingerprint density at radius 1 is 1.22 bits per heavy atom. The Kier molecular flexibility index (Phi) is 9.20. The summed E-state index contributed by atoms with van der Waals surface area (Å²) in [5, 5.41) is 3.11. The van der Waals surface area contributed by atoms with Crippen molar-refractivity contribution in [1.82, 2.24) is 10.2 Å². The first-order valence-electron chi connectivity index (χ1n) is 6.75. The molecular weight excluding hydrogens is 359 g/mol. The van der Waals surface area contributed by atoms with Gasteiger partial charge in [-0.15, -0.1) is 24.8 Å². The van der Waals surface area contributed by atoms with E-state index in [0.717, 1.165) is 6.07 Å². The van der Waals surface area contributed by atoms with Gasteiger partial charge in [-0.1, -0.05) is 6.07 Å². The van der Waals surface area contributed by atoms with Crippen LogP contribution in [0.4, 0.5) is 17.6 Å². The molecule has 3 nitrogen and oxygen atoms in total. The van der Waals surface area contributed by atoms with Crippen LogP contribution in [-0.4, -0.2) is 44.4 Å². The number of rotatable bonds is 4. The number of alkyl halides is 3. The zero-order valence-electron chi connectivity index (χ0n) is 12.5. The molecule has 0 amide bonds. The Labute approximate surface area is 145 Å². The minimum Gasteiger partial charge on any atom is -0.496 e. The summed E-state index contributed by atoms with van der Waals surface area (Å²) in [4.78, 5) is 1.76. The molecule has 23 heavy (non-hydrogen) atoms. The predicted octanol–water partition coefficient (Wildman–Crippen LogP) is 3.58. The smallest absolute Gasteiger partial charge is 0.390 e. The van der Waals surface area contributed by atoms with Crippen LogP contribution >= 0.6 is 24.8 Å². The third-order valence-corrected chi connectivity index (χ3v) is 3.57. The zero-order chi connectivity index (χ0) is 15.5. The van der Waals surface area contributed by atoms with Crippen molar-refractivity contribution in [2.75, 3.05) is 33.3 Å². The summed E-state index contributed by atoms with van der Waals surface area (Å²) < 4.78 is 57.0. The summed E-state index contributed by atoms with van der Waals surface area (Å²) >= 11 is 0. The first kappa shape index (κ1) is 22.2. The molecule has 0 aromatic heterocycles. The predicted molar refractivity (Wildman–Crippen MR) is 85.3 cm³/mol. The van der Waals surface area contributed by atoms with Crippen molar-refractivity contribution >= 4 is 24.8 Å². The molecule has 1 aliphatic rings. The maximum absolute atomic E-state index is 13.3. The average molecular weight is 379 g/mol. The minimum atomic E-state index is -4.30. The van der Waals surface area contributed by atoms with E-state index in [4.69, 9.17) is 4.74 Å². The molecule has 0 aliphatic carbocycles. The molecule has 0 saturated carbocycles. The molecule has 1 atom stereocenters. The molecule has 1 N–H and O–H groups in total. The summed E-state index contributed by atoms with van der Waals surface area (Å²) in [6, 6.07) is 2.82. The lowest BCUT2D eigenvalue weighted by Gasteiger charge is -2.36. The molecule has 1 aliphatic heterocycles. The number of nitrogens with one attached hydrogen (secondary N) is 1. The van der Waals surface area contributed by atoms with Gasteiger partial charge in [-0.3, -0.25) is 4.90 Å². The molecule has 2 rings (SSSR count). The van der Waals surface area contributed by atoms with Gasteiger partial charge in [0.25, 0.3) is 0 Å². The number of nitrogens with zero attached hydrogens (tertiary/aromatic N) is 1. The van der Waals surface area contributed by atoms with Gasteiger partial charge in [-0.2, -0.15) is 13.2 Å². The third kappa shape index (κ3) is 6.33. The normalized spacial score (nSPS) is 16.9. The van der Waals surface area contributed by atoms with E-state index in [9.17, 15) is 17.6 Å². The molecule has 1 aromatic rings. The first-order chi connectivity index (χ1) is 9.90. The van der Waals surface area contributed by atoms with E-state index < -0.39 is 24.5 Å². The molecule has 1 heterocycles. The number of hydrogen-bond acceptors (Lipinski definition) is 3. The molecule has 1 fully saturated rings. The van der Waals surface area contributed by atoms with Gasteiger partial charge in [-0.05, 0) is 6.07 Å². The molecule has 9 heteroatoms. The number of halogens is 6. The van der Waals surface area contributed by atoms with Crippen molar-refractivity contribution in [1.29, 1.82) is 0 Å². The summed E-state index contributed by atoms with van der Waals surface area (Å²) in [6.45, 7) is 2.30. The summed E-state index contributed by atoms with van der Waals surface area (Å²) in [5.41, 5.74) is 0.373. The Morgan fingerprint density at radius 2 is 1.83 bits per heavy atom. The number of ether oxygens (including phenoxy) is 1. The van der Waals surface area contributed by atoms with E-state index in [1.165, 1.54) is 19.2 Å². The van der Waals surface area contributed by atoms with E-state index in [1.54, 1.807) is 4.90 Å². The molecular formula is C14H20Cl2F4N2O. The van der Waals surface area contributed by atoms with Crippen LogP contribution in [0.5, 0.6) is 5.75 Å². The summed E-state index contributed by atoms with van der Waals surface area (Å²) in [5.74, 6) is -0.371. The van der Waals surface area contributed by atoms with Crippen LogP contribution in [0.1, 0.15) is 18.0 Å². The summed E-state index contributed by atoms with van der Waals surface area (Å²) in [7, 11) is 1.33. The van der Waals surface area contributed by atoms with Crippen molar-refractivity contribution in [3.8, 4) is 5.75 Å². The van der Waals surface area contributed by atoms with Crippen molar-refractivity contribution < 1.29 is 22.3 Å². The highest BCUT2D eigenvalue weighted by atomic mass is 35.5. The standard InChI is InChI=1S/C14H18F4N2O.2ClH/c1-21-13-8-10(15)2-3-11(13)12(9-14(16,17)18)20-6-4-19-5-7-20;;/h2-3,8,12,19H,4-7,9H2,1H3;2*1H/t12-;;/m1../s1. The monoisotopic (exact) mass is 378 g/mol. The molecule has 1 aromatic carbocycles. The van der Waals surface area contributed by atoms with Gasteiger partial charge in [0.1, 0.15) is 11.6 Å². The SMILES string of the molecule is COc1cc(F)ccc1[C@@H](CC(F)(F)F)N1CCNCC1.Cl.Cl. The molecule has 0 unspecified atom stereocenters. The number of hydrogen-bond donors (Lipinski definition) is 1. The summed E-state index contributed by atoms with van der Waals surface area (Å²) in [6.07, 6.45) is -5.27. The lowest BCUT2D eigenvalue weighted by Crippen LogP contribution is -2.46. The van der Waals surface area contributed by atoms with Gasteiger partial charge in [0.2, 0.25) is 0 Å². The molecule has 0 radical (unpaired) electrons. The molecule has 134 valence electrons. The van der Waals surface area contributed by atoms with E-state index in [2.05, 4.69) is 5.32 Å². The van der Waals surface area contributed by atoms with E-state index in [1.807, 2.05) is 0 Å². The van der Waals surface area contributed by atoms with Crippen molar-refractivity contribution in [2.45, 2.75) is 18.6 Å². The van der Waals surface area contributed by atoms with Gasteiger partial charge in [0.05, 0.1) is 13.5 Å². The average Bonchev–Trinajstić information content (AvgIpc) is 2.45. The fourth-order valence-corrected chi connectivity index (χ4v) is 2.61. The van der Waals surface area contributed by atoms with E-state index in [-0.39, 0.29) is 30.6 Å². The molecule has 1 saturated heterocycles. The Morgan fingerprint density at radius 3 is 2.35 bits per heavy atom. The van der Waals surface area contributed by atoms with Crippen LogP contribution in [-0.2, 0) is 0 Å². The van der Waals surface area contributed by atoms with Crippen LogP contribution in [0.2, 0.25) is 0 Å². The van der Waals surface area contributed by atoms with Crippen LogP contribution in [0, 0.1) is 5.82 Å². The van der Waals surface area contributed by atoms with Crippen molar-refractivity contribution in [3.63, 3.8) is 0 Å². The minimum absolute atomic E-state index is 0. The number of benzene rings is 1. The van der Waals surface area contributed by atoms with Gasteiger partial charge >= 0.3 is 6.18 Å². The largest absolute Gasteiger partial charge is 0.496 e. The molecule has 0 bridgehead atoms. The van der Waals surface area contributed by atoms with Crippen LogP contribution in [0.25, 0.3) is 0 Å². The highest BCUT2D eigenvalue weighted by Gasteiger charge is 2.37. The van der Waals surface area contributed by atoms with E-state index >= 15 is 0 Å². The van der Waals surface area contributed by atoms with Gasteiger partial charge < -0.3 is 10.1 Å². The number of piperazine rings is 1. The van der Waals surface area contributed by atoms with Crippen LogP contribution < -0.4 is 10.1 Å². The molecule has 0 spiro atoms. The second-order valence-electron chi connectivity index (χ2n) is 5.01. The Balaban J connectivity index is 0.00000242. The number of methoxy groups -OCH3 is 1. The fraction of sp³-hybridized carbons (Fsp3) is 0.571. The van der Waals surface area contributed by atoms with Gasteiger partial charge in [0, 0.05) is 43.9 Å². The Hall–Kier alpha value is -0.760. The highest BCUT2D eigenvalue weighted by molar-refractivity contribution is 5.85. The maximum atomic E-state index is 13.3. The van der Waals surface area contributed by atoms with Gasteiger partial charge in [0.15, 0.2) is 0 Å². The Bertz CT molecular complexity index is 482. The third-order valence-electron chi connectivity index (χ3n) is 3.57. The van der Waals surface area contributed by atoms with Crippen molar-refractivity contribution in [3.05, 3.63) is 29.6 Å². The lowest BCUT2D eigenvalue weighted by atomic mass is 9.99. The first-order valence-corrected chi connectivity index (χ1v) is 6.75. The fourth-order valence-electron chi connectivity index (χ4n) is 2.61. The topological polar surface area (TPSA) is 24.5 Å². The van der Waals surface area contributed by atoms with Crippen LogP contribution in [0.3, 0.4) is 0 Å². The second kappa shape index (κ2) is 9.52. The lowest BCUT2D eigenvalue weighted by molar-refractivity contribution is -0.148. The van der Waals surface area contributed by atoms with Gasteiger partial charge in [-0.25, -0.2) is 4.39 Å². The second-order valence-corrected chi connectivity index (χ2v) is 5.01.